The molecule has 0 fully saturated rings. The summed E-state index contributed by atoms with van der Waals surface area (Å²) in [6.45, 7) is 4.67. The zero-order valence-corrected chi connectivity index (χ0v) is 10.4. The van der Waals surface area contributed by atoms with Gasteiger partial charge in [0.1, 0.15) is 6.61 Å². The Balaban J connectivity index is 0. The Bertz CT molecular complexity index is 180. The van der Waals surface area contributed by atoms with Crippen LogP contribution in [0.1, 0.15) is 0 Å². The van der Waals surface area contributed by atoms with E-state index in [2.05, 4.69) is 16.1 Å². The van der Waals surface area contributed by atoms with E-state index in [1.165, 1.54) is 0 Å². The van der Waals surface area contributed by atoms with Crippen LogP contribution in [-0.4, -0.2) is 74.1 Å². The van der Waals surface area contributed by atoms with Crippen LogP contribution in [0.15, 0.2) is 12.7 Å². The van der Waals surface area contributed by atoms with E-state index >= 15 is 0 Å². The quantitative estimate of drug-likeness (QED) is 0.257. The lowest BCUT2D eigenvalue weighted by molar-refractivity contribution is -0.139. The highest BCUT2D eigenvalue weighted by molar-refractivity contribution is 5.81. The van der Waals surface area contributed by atoms with Crippen LogP contribution in [0, 0.1) is 0 Å². The van der Waals surface area contributed by atoms with Crippen molar-refractivity contribution in [3.05, 3.63) is 12.7 Å². The molecule has 7 nitrogen and oxygen atoms in total. The molecule has 0 unspecified atom stereocenters. The SMILES string of the molecule is C=CC(=O)OCCOCCO.OCCOCCO. The van der Waals surface area contributed by atoms with Crippen molar-refractivity contribution >= 4 is 5.97 Å². The second-order valence-electron chi connectivity index (χ2n) is 2.77. The van der Waals surface area contributed by atoms with Crippen LogP contribution in [0.3, 0.4) is 0 Å². The van der Waals surface area contributed by atoms with Crippen LogP contribution in [0.5, 0.6) is 0 Å². The number of aliphatic hydroxyl groups excluding tert-OH is 3. The molecule has 0 bridgehead atoms. The summed E-state index contributed by atoms with van der Waals surface area (Å²) < 4.78 is 14.0. The summed E-state index contributed by atoms with van der Waals surface area (Å²) in [6, 6.07) is 0. The summed E-state index contributed by atoms with van der Waals surface area (Å²) in [5.74, 6) is -0.461. The van der Waals surface area contributed by atoms with E-state index in [-0.39, 0.29) is 33.0 Å². The number of hydrogen-bond donors (Lipinski definition) is 3. The Kier molecular flexibility index (Phi) is 19.8. The molecule has 3 N–H and O–H groups in total. The van der Waals surface area contributed by atoms with E-state index in [4.69, 9.17) is 20.1 Å². The maximum Gasteiger partial charge on any atom is 0.330 e. The fourth-order valence-corrected chi connectivity index (χ4v) is 0.658. The van der Waals surface area contributed by atoms with Gasteiger partial charge in [0, 0.05) is 6.08 Å². The molecule has 0 rings (SSSR count). The van der Waals surface area contributed by atoms with Crippen LogP contribution >= 0.6 is 0 Å². The van der Waals surface area contributed by atoms with Crippen LogP contribution < -0.4 is 0 Å². The van der Waals surface area contributed by atoms with E-state index in [0.717, 1.165) is 6.08 Å². The molecule has 0 saturated heterocycles. The molecule has 0 aliphatic carbocycles. The monoisotopic (exact) mass is 266 g/mol. The van der Waals surface area contributed by atoms with Gasteiger partial charge in [-0.25, -0.2) is 4.79 Å². The smallest absolute Gasteiger partial charge is 0.330 e. The number of rotatable bonds is 10. The number of carbonyl (C=O) groups excluding carboxylic acids is 1. The highest BCUT2D eigenvalue weighted by Crippen LogP contribution is 1.80. The van der Waals surface area contributed by atoms with Crippen molar-refractivity contribution in [2.75, 3.05) is 52.9 Å². The average Bonchev–Trinajstić information content (AvgIpc) is 2.39. The van der Waals surface area contributed by atoms with Gasteiger partial charge in [0.15, 0.2) is 0 Å². The predicted molar refractivity (Wildman–Crippen MR) is 64.1 cm³/mol. The molecular weight excluding hydrogens is 244 g/mol. The number of aliphatic hydroxyl groups is 3. The first kappa shape index (κ1) is 19.4. The van der Waals surface area contributed by atoms with Gasteiger partial charge in [-0.1, -0.05) is 6.58 Å². The molecular formula is C11H22O7. The molecule has 0 spiro atoms. The van der Waals surface area contributed by atoms with E-state index in [1.807, 2.05) is 0 Å². The van der Waals surface area contributed by atoms with Crippen LogP contribution in [0.2, 0.25) is 0 Å². The molecule has 0 aromatic heterocycles. The maximum absolute atomic E-state index is 10.4. The van der Waals surface area contributed by atoms with Crippen LogP contribution in [-0.2, 0) is 19.0 Å². The van der Waals surface area contributed by atoms with Gasteiger partial charge >= 0.3 is 5.97 Å². The lowest BCUT2D eigenvalue weighted by atomic mass is 10.6. The van der Waals surface area contributed by atoms with Gasteiger partial charge < -0.3 is 29.5 Å². The first-order valence-corrected chi connectivity index (χ1v) is 5.50. The number of carbonyl (C=O) groups is 1. The van der Waals surface area contributed by atoms with Gasteiger partial charge in [-0.15, -0.1) is 0 Å². The first-order chi connectivity index (χ1) is 8.72. The fourth-order valence-electron chi connectivity index (χ4n) is 0.658. The minimum atomic E-state index is -0.461. The summed E-state index contributed by atoms with van der Waals surface area (Å²) in [5.41, 5.74) is 0. The van der Waals surface area contributed by atoms with Gasteiger partial charge in [0.25, 0.3) is 0 Å². The summed E-state index contributed by atoms with van der Waals surface area (Å²) in [6.07, 6.45) is 1.09. The highest BCUT2D eigenvalue weighted by atomic mass is 16.6. The van der Waals surface area contributed by atoms with Gasteiger partial charge in [0.2, 0.25) is 0 Å². The third-order valence-corrected chi connectivity index (χ3v) is 1.35. The second kappa shape index (κ2) is 18.4. The lowest BCUT2D eigenvalue weighted by Gasteiger charge is -2.01. The van der Waals surface area contributed by atoms with Gasteiger partial charge in [-0.05, 0) is 0 Å². The lowest BCUT2D eigenvalue weighted by Crippen LogP contribution is -2.09. The molecule has 0 heterocycles. The molecule has 0 aromatic carbocycles. The normalized spacial score (nSPS) is 9.28. The largest absolute Gasteiger partial charge is 0.460 e. The third kappa shape index (κ3) is 20.4. The zero-order chi connectivity index (χ0) is 14.1. The number of hydrogen-bond acceptors (Lipinski definition) is 7. The molecule has 0 aliphatic rings. The molecule has 0 radical (unpaired) electrons. The molecule has 0 amide bonds. The Morgan fingerprint density at radius 2 is 1.33 bits per heavy atom. The molecule has 0 aliphatic heterocycles. The Labute approximate surface area is 107 Å². The van der Waals surface area contributed by atoms with Gasteiger partial charge in [-0.3, -0.25) is 0 Å². The van der Waals surface area contributed by atoms with Crippen LogP contribution in [0.4, 0.5) is 0 Å². The zero-order valence-electron chi connectivity index (χ0n) is 10.4. The molecule has 0 saturated carbocycles. The minimum Gasteiger partial charge on any atom is -0.460 e. The second-order valence-corrected chi connectivity index (χ2v) is 2.77. The molecule has 0 atom stereocenters. The minimum absolute atomic E-state index is 0.0184. The van der Waals surface area contributed by atoms with Gasteiger partial charge in [-0.2, -0.15) is 0 Å². The molecule has 7 heteroatoms. The van der Waals surface area contributed by atoms with Crippen molar-refractivity contribution in [3.63, 3.8) is 0 Å². The number of ether oxygens (including phenoxy) is 3. The van der Waals surface area contributed by atoms with Gasteiger partial charge in [0.05, 0.1) is 46.2 Å². The fraction of sp³-hybridized carbons (Fsp3) is 0.727. The van der Waals surface area contributed by atoms with Crippen molar-refractivity contribution in [3.8, 4) is 0 Å². The maximum atomic E-state index is 10.4. The van der Waals surface area contributed by atoms with Crippen molar-refractivity contribution < 1.29 is 34.3 Å². The Morgan fingerprint density at radius 1 is 0.889 bits per heavy atom. The summed E-state index contributed by atoms with van der Waals surface area (Å²) in [4.78, 5) is 10.4. The molecule has 108 valence electrons. The summed E-state index contributed by atoms with van der Waals surface area (Å²) in [5, 5.41) is 24.4. The van der Waals surface area contributed by atoms with E-state index in [1.54, 1.807) is 0 Å². The average molecular weight is 266 g/mol. The van der Waals surface area contributed by atoms with Crippen molar-refractivity contribution in [1.82, 2.24) is 0 Å². The van der Waals surface area contributed by atoms with Crippen molar-refractivity contribution in [1.29, 1.82) is 0 Å². The Hall–Kier alpha value is -0.990. The molecule has 18 heavy (non-hydrogen) atoms. The third-order valence-electron chi connectivity index (χ3n) is 1.35. The summed E-state index contributed by atoms with van der Waals surface area (Å²) >= 11 is 0. The van der Waals surface area contributed by atoms with E-state index in [0.29, 0.717) is 19.8 Å². The predicted octanol–water partition coefficient (Wildman–Crippen LogP) is -1.29. The molecule has 0 aromatic rings. The summed E-state index contributed by atoms with van der Waals surface area (Å²) in [7, 11) is 0. The van der Waals surface area contributed by atoms with E-state index in [9.17, 15) is 4.79 Å². The standard InChI is InChI=1S/C7H12O4.C4H10O3/c1-2-7(9)11-6-5-10-4-3-8;5-1-3-7-4-2-6/h2,8H,1,3-6H2;5-6H,1-4H2. The van der Waals surface area contributed by atoms with E-state index < -0.39 is 5.97 Å². The highest BCUT2D eigenvalue weighted by Gasteiger charge is 1.93. The Morgan fingerprint density at radius 3 is 1.72 bits per heavy atom. The topological polar surface area (TPSA) is 105 Å². The van der Waals surface area contributed by atoms with Crippen molar-refractivity contribution in [2.24, 2.45) is 0 Å². The van der Waals surface area contributed by atoms with Crippen LogP contribution in [0.25, 0.3) is 0 Å². The first-order valence-electron chi connectivity index (χ1n) is 5.50. The van der Waals surface area contributed by atoms with Crippen molar-refractivity contribution in [2.45, 2.75) is 0 Å². The number of esters is 1.